The van der Waals surface area contributed by atoms with Gasteiger partial charge in [0.05, 0.1) is 11.1 Å². The number of hydrogen-bond donors (Lipinski definition) is 1. The highest BCUT2D eigenvalue weighted by Gasteiger charge is 2.33. The number of rotatable bonds is 2. The Labute approximate surface area is 185 Å². The first-order valence-electron chi connectivity index (χ1n) is 11.0. The van der Waals surface area contributed by atoms with Gasteiger partial charge in [0.25, 0.3) is 11.8 Å². The lowest BCUT2D eigenvalue weighted by molar-refractivity contribution is -0.117. The number of aliphatic imine (C=N–C) groups is 1. The number of aromatic nitrogens is 2. The molecule has 0 spiro atoms. The summed E-state index contributed by atoms with van der Waals surface area (Å²) in [5.41, 5.74) is 4.25. The molecule has 3 heterocycles. The second-order valence-electron chi connectivity index (χ2n) is 8.43. The summed E-state index contributed by atoms with van der Waals surface area (Å²) in [4.78, 5) is 47.1. The Morgan fingerprint density at radius 1 is 1.25 bits per heavy atom. The van der Waals surface area contributed by atoms with Gasteiger partial charge in [-0.05, 0) is 69.4 Å². The molecule has 162 valence electrons. The Kier molecular flexibility index (Phi) is 4.96. The molecule has 0 fully saturated rings. The Morgan fingerprint density at radius 2 is 2.06 bits per heavy atom. The van der Waals surface area contributed by atoms with Gasteiger partial charge in [-0.1, -0.05) is 6.08 Å². The standard InChI is InChI=1S/C25H24N4O3/c1-3-29-13-20(22(30)19-10-8-14(2)26-23(19)29)25(32)27-15-9-11-17-16-6-4-5-7-18(16)24(31)28-21(17)12-15/h8-13,17H,3-7H2,1-2H3,(H,28,31). The van der Waals surface area contributed by atoms with Crippen molar-refractivity contribution in [2.24, 2.45) is 10.9 Å². The van der Waals surface area contributed by atoms with Crippen molar-refractivity contribution in [1.82, 2.24) is 14.9 Å². The van der Waals surface area contributed by atoms with Gasteiger partial charge in [0.2, 0.25) is 5.43 Å². The third kappa shape index (κ3) is 3.34. The molecule has 7 heteroatoms. The average Bonchev–Trinajstić information content (AvgIpc) is 2.79. The van der Waals surface area contributed by atoms with Crippen molar-refractivity contribution in [3.8, 4) is 0 Å². The number of nitrogens with zero attached hydrogens (tertiary/aromatic N) is 3. The third-order valence-corrected chi connectivity index (χ3v) is 6.38. The van der Waals surface area contributed by atoms with Gasteiger partial charge in [0.15, 0.2) is 0 Å². The molecular formula is C25H24N4O3. The van der Waals surface area contributed by atoms with Crippen LogP contribution in [-0.4, -0.2) is 27.1 Å². The van der Waals surface area contributed by atoms with Gasteiger partial charge < -0.3 is 9.88 Å². The lowest BCUT2D eigenvalue weighted by Gasteiger charge is -2.33. The van der Waals surface area contributed by atoms with E-state index in [1.165, 1.54) is 11.8 Å². The van der Waals surface area contributed by atoms with Crippen LogP contribution in [0.25, 0.3) is 11.0 Å². The minimum Gasteiger partial charge on any atom is -0.332 e. The summed E-state index contributed by atoms with van der Waals surface area (Å²) >= 11 is 0. The molecule has 5 rings (SSSR count). The molecular weight excluding hydrogens is 404 g/mol. The van der Waals surface area contributed by atoms with E-state index in [-0.39, 0.29) is 22.8 Å². The van der Waals surface area contributed by atoms with Gasteiger partial charge in [-0.15, -0.1) is 0 Å². The fourth-order valence-electron chi connectivity index (χ4n) is 4.75. The lowest BCUT2D eigenvalue weighted by Crippen LogP contribution is -2.37. The zero-order valence-electron chi connectivity index (χ0n) is 18.1. The van der Waals surface area contributed by atoms with Crippen LogP contribution in [0, 0.1) is 12.8 Å². The van der Waals surface area contributed by atoms with Crippen LogP contribution < -0.4 is 10.7 Å². The molecule has 0 radical (unpaired) electrons. The van der Waals surface area contributed by atoms with Crippen LogP contribution in [0.4, 0.5) is 0 Å². The average molecular weight is 428 g/mol. The van der Waals surface area contributed by atoms with Crippen LogP contribution >= 0.6 is 0 Å². The van der Waals surface area contributed by atoms with Gasteiger partial charge in [0.1, 0.15) is 11.2 Å². The highest BCUT2D eigenvalue weighted by Crippen LogP contribution is 2.38. The Bertz CT molecular complexity index is 1360. The number of carbonyl (C=O) groups is 2. The van der Waals surface area contributed by atoms with E-state index < -0.39 is 5.91 Å². The second-order valence-corrected chi connectivity index (χ2v) is 8.43. The summed E-state index contributed by atoms with van der Waals surface area (Å²) in [6.07, 6.45) is 10.9. The summed E-state index contributed by atoms with van der Waals surface area (Å²) in [7, 11) is 0. The monoisotopic (exact) mass is 428 g/mol. The Balaban J connectivity index is 1.52. The summed E-state index contributed by atoms with van der Waals surface area (Å²) in [5, 5.41) is 3.37. The SMILES string of the molecule is CCn1cc(C(=O)N=C2C=CC3C(=C2)NC(=O)C2=C3CCCC2)c(=O)c2ccc(C)nc21. The number of hydrogen-bond acceptors (Lipinski definition) is 4. The fourth-order valence-corrected chi connectivity index (χ4v) is 4.75. The number of carbonyl (C=O) groups excluding carboxylic acids is 2. The van der Waals surface area contributed by atoms with Gasteiger partial charge in [-0.25, -0.2) is 9.98 Å². The van der Waals surface area contributed by atoms with Crippen LogP contribution in [0.1, 0.15) is 48.7 Å². The molecule has 1 N–H and O–H groups in total. The van der Waals surface area contributed by atoms with Crippen molar-refractivity contribution >= 4 is 28.6 Å². The van der Waals surface area contributed by atoms with E-state index in [0.717, 1.165) is 42.6 Å². The Morgan fingerprint density at radius 3 is 2.88 bits per heavy atom. The smallest absolute Gasteiger partial charge is 0.283 e. The van der Waals surface area contributed by atoms with E-state index in [2.05, 4.69) is 15.3 Å². The van der Waals surface area contributed by atoms with E-state index in [1.54, 1.807) is 28.9 Å². The minimum absolute atomic E-state index is 0.0105. The van der Waals surface area contributed by atoms with E-state index >= 15 is 0 Å². The first-order valence-corrected chi connectivity index (χ1v) is 11.0. The van der Waals surface area contributed by atoms with Crippen molar-refractivity contribution < 1.29 is 9.59 Å². The minimum atomic E-state index is -0.602. The molecule has 1 unspecified atom stereocenters. The van der Waals surface area contributed by atoms with Crippen molar-refractivity contribution in [2.45, 2.75) is 46.1 Å². The first kappa shape index (κ1) is 20.3. The molecule has 0 saturated carbocycles. The molecule has 0 bridgehead atoms. The number of aryl methyl sites for hydroxylation is 2. The predicted octanol–water partition coefficient (Wildman–Crippen LogP) is 3.38. The van der Waals surface area contributed by atoms with E-state index in [0.29, 0.717) is 23.3 Å². The van der Waals surface area contributed by atoms with Gasteiger partial charge in [-0.2, -0.15) is 0 Å². The number of fused-ring (bicyclic) bond motifs is 3. The molecule has 2 aromatic rings. The molecule has 2 amide bonds. The van der Waals surface area contributed by atoms with Gasteiger partial charge in [0, 0.05) is 35.6 Å². The molecule has 2 aromatic heterocycles. The molecule has 1 atom stereocenters. The number of amides is 2. The summed E-state index contributed by atoms with van der Waals surface area (Å²) in [6, 6.07) is 3.47. The van der Waals surface area contributed by atoms with Crippen molar-refractivity contribution in [2.75, 3.05) is 0 Å². The molecule has 1 aliphatic heterocycles. The molecule has 2 aliphatic carbocycles. The third-order valence-electron chi connectivity index (χ3n) is 6.38. The number of pyridine rings is 2. The number of allylic oxidation sites excluding steroid dienone is 3. The van der Waals surface area contributed by atoms with Crippen LogP contribution in [0.2, 0.25) is 0 Å². The maximum Gasteiger partial charge on any atom is 0.283 e. The van der Waals surface area contributed by atoms with Crippen molar-refractivity contribution in [1.29, 1.82) is 0 Å². The van der Waals surface area contributed by atoms with Crippen LogP contribution in [-0.2, 0) is 11.3 Å². The normalized spacial score (nSPS) is 21.3. The largest absolute Gasteiger partial charge is 0.332 e. The summed E-state index contributed by atoms with van der Waals surface area (Å²) in [5.74, 6) is -0.620. The topological polar surface area (TPSA) is 93.4 Å². The Hall–Kier alpha value is -3.61. The highest BCUT2D eigenvalue weighted by atomic mass is 16.2. The van der Waals surface area contributed by atoms with Crippen molar-refractivity contribution in [3.05, 3.63) is 74.9 Å². The molecule has 7 nitrogen and oxygen atoms in total. The predicted molar refractivity (Wildman–Crippen MR) is 123 cm³/mol. The van der Waals surface area contributed by atoms with E-state index in [1.807, 2.05) is 19.9 Å². The van der Waals surface area contributed by atoms with Crippen LogP contribution in [0.3, 0.4) is 0 Å². The first-order chi connectivity index (χ1) is 15.5. The van der Waals surface area contributed by atoms with Crippen LogP contribution in [0.15, 0.2) is 63.2 Å². The van der Waals surface area contributed by atoms with Crippen LogP contribution in [0.5, 0.6) is 0 Å². The van der Waals surface area contributed by atoms with E-state index in [9.17, 15) is 14.4 Å². The van der Waals surface area contributed by atoms with E-state index in [4.69, 9.17) is 0 Å². The molecule has 0 aromatic carbocycles. The fraction of sp³-hybridized carbons (Fsp3) is 0.320. The highest BCUT2D eigenvalue weighted by molar-refractivity contribution is 6.14. The van der Waals surface area contributed by atoms with Crippen molar-refractivity contribution in [3.63, 3.8) is 0 Å². The van der Waals surface area contributed by atoms with Gasteiger partial charge in [-0.3, -0.25) is 14.4 Å². The molecule has 3 aliphatic rings. The zero-order valence-corrected chi connectivity index (χ0v) is 18.1. The summed E-state index contributed by atoms with van der Waals surface area (Å²) in [6.45, 7) is 4.36. The molecule has 0 saturated heterocycles. The lowest BCUT2D eigenvalue weighted by atomic mass is 9.77. The molecule has 32 heavy (non-hydrogen) atoms. The number of nitrogens with one attached hydrogen (secondary N) is 1. The maximum absolute atomic E-state index is 13.0. The quantitative estimate of drug-likeness (QED) is 0.794. The zero-order chi connectivity index (χ0) is 22.4. The maximum atomic E-state index is 13.0. The van der Waals surface area contributed by atoms with Gasteiger partial charge >= 0.3 is 0 Å². The second kappa shape index (κ2) is 7.82. The summed E-state index contributed by atoms with van der Waals surface area (Å²) < 4.78 is 1.79.